The first-order valence-electron chi connectivity index (χ1n) is 5.53. The summed E-state index contributed by atoms with van der Waals surface area (Å²) in [4.78, 5) is 0. The Morgan fingerprint density at radius 2 is 1.89 bits per heavy atom. The second-order valence-corrected chi connectivity index (χ2v) is 5.01. The van der Waals surface area contributed by atoms with Gasteiger partial charge in [-0.15, -0.1) is 0 Å². The van der Waals surface area contributed by atoms with Crippen molar-refractivity contribution in [1.29, 1.82) is 0 Å². The van der Waals surface area contributed by atoms with Gasteiger partial charge in [0.25, 0.3) is 0 Å². The molecule has 0 spiro atoms. The van der Waals surface area contributed by atoms with Gasteiger partial charge in [0.05, 0.1) is 0 Å². The van der Waals surface area contributed by atoms with Crippen LogP contribution in [0.4, 0.5) is 0 Å². The molecule has 0 N–H and O–H groups in total. The second kappa shape index (κ2) is 4.30. The molecule has 0 atom stereocenters. The summed E-state index contributed by atoms with van der Waals surface area (Å²) in [6.07, 6.45) is 1.99. The van der Waals surface area contributed by atoms with E-state index in [9.17, 15) is 0 Å². The third-order valence-corrected chi connectivity index (χ3v) is 3.42. The first kappa shape index (κ1) is 11.6. The summed E-state index contributed by atoms with van der Waals surface area (Å²) in [5, 5.41) is 6.85. The SMILES string of the molecule is Cn1cc2cccc(-c3ccc(Cl)cc3Cl)c2n1. The summed E-state index contributed by atoms with van der Waals surface area (Å²) in [5.41, 5.74) is 2.92. The minimum absolute atomic E-state index is 0.636. The average Bonchev–Trinajstić information content (AvgIpc) is 2.69. The van der Waals surface area contributed by atoms with Crippen molar-refractivity contribution < 1.29 is 0 Å². The zero-order valence-electron chi connectivity index (χ0n) is 9.69. The van der Waals surface area contributed by atoms with E-state index in [-0.39, 0.29) is 0 Å². The predicted octanol–water partition coefficient (Wildman–Crippen LogP) is 4.55. The Bertz CT molecular complexity index is 732. The van der Waals surface area contributed by atoms with Gasteiger partial charge in [0.2, 0.25) is 0 Å². The first-order chi connectivity index (χ1) is 8.65. The Kier molecular flexibility index (Phi) is 2.77. The summed E-state index contributed by atoms with van der Waals surface area (Å²) in [7, 11) is 1.91. The molecule has 3 aromatic rings. The van der Waals surface area contributed by atoms with Crippen LogP contribution in [-0.2, 0) is 7.05 Å². The number of nitrogens with zero attached hydrogens (tertiary/aromatic N) is 2. The molecule has 2 nitrogen and oxygen atoms in total. The summed E-state index contributed by atoms with van der Waals surface area (Å²) < 4.78 is 1.80. The van der Waals surface area contributed by atoms with Crippen molar-refractivity contribution in [3.8, 4) is 11.1 Å². The summed E-state index contributed by atoms with van der Waals surface area (Å²) in [6, 6.07) is 11.6. The fourth-order valence-electron chi connectivity index (χ4n) is 2.09. The predicted molar refractivity (Wildman–Crippen MR) is 76.2 cm³/mol. The summed E-state index contributed by atoms with van der Waals surface area (Å²) >= 11 is 12.2. The molecule has 0 aliphatic rings. The Hall–Kier alpha value is -1.51. The molecule has 0 bridgehead atoms. The topological polar surface area (TPSA) is 17.8 Å². The molecule has 0 saturated carbocycles. The Morgan fingerprint density at radius 1 is 1.06 bits per heavy atom. The molecule has 4 heteroatoms. The minimum Gasteiger partial charge on any atom is -0.275 e. The molecular formula is C14H10Cl2N2. The van der Waals surface area contributed by atoms with Crippen LogP contribution in [0.5, 0.6) is 0 Å². The summed E-state index contributed by atoms with van der Waals surface area (Å²) in [5.74, 6) is 0. The highest BCUT2D eigenvalue weighted by Crippen LogP contribution is 2.34. The van der Waals surface area contributed by atoms with E-state index in [2.05, 4.69) is 5.10 Å². The minimum atomic E-state index is 0.636. The van der Waals surface area contributed by atoms with Gasteiger partial charge < -0.3 is 0 Å². The van der Waals surface area contributed by atoms with E-state index in [1.165, 1.54) is 0 Å². The van der Waals surface area contributed by atoms with E-state index in [0.717, 1.165) is 22.0 Å². The third-order valence-electron chi connectivity index (χ3n) is 2.87. The number of aromatic nitrogens is 2. The average molecular weight is 277 g/mol. The lowest BCUT2D eigenvalue weighted by molar-refractivity contribution is 0.780. The smallest absolute Gasteiger partial charge is 0.100 e. The number of rotatable bonds is 1. The molecule has 0 aliphatic carbocycles. The number of halogens is 2. The molecule has 90 valence electrons. The van der Waals surface area contributed by atoms with Crippen molar-refractivity contribution in [2.75, 3.05) is 0 Å². The quantitative estimate of drug-likeness (QED) is 0.638. The number of aryl methyl sites for hydroxylation is 1. The number of hydrogen-bond donors (Lipinski definition) is 0. The van der Waals surface area contributed by atoms with Crippen LogP contribution >= 0.6 is 23.2 Å². The second-order valence-electron chi connectivity index (χ2n) is 4.17. The zero-order valence-corrected chi connectivity index (χ0v) is 11.2. The molecule has 0 amide bonds. The first-order valence-corrected chi connectivity index (χ1v) is 6.28. The lowest BCUT2D eigenvalue weighted by atomic mass is 10.0. The van der Waals surface area contributed by atoms with Crippen LogP contribution in [0.1, 0.15) is 0 Å². The van der Waals surface area contributed by atoms with Gasteiger partial charge in [0.15, 0.2) is 0 Å². The maximum Gasteiger partial charge on any atom is 0.100 e. The van der Waals surface area contributed by atoms with Gasteiger partial charge in [-0.1, -0.05) is 47.5 Å². The van der Waals surface area contributed by atoms with Gasteiger partial charge in [0, 0.05) is 39.8 Å². The standard InChI is InChI=1S/C14H10Cl2N2/c1-18-8-9-3-2-4-12(14(9)17-18)11-6-5-10(15)7-13(11)16/h2-8H,1H3. The van der Waals surface area contributed by atoms with Gasteiger partial charge in [-0.2, -0.15) is 5.10 Å². The lowest BCUT2D eigenvalue weighted by Gasteiger charge is -2.05. The highest BCUT2D eigenvalue weighted by Gasteiger charge is 2.10. The highest BCUT2D eigenvalue weighted by atomic mass is 35.5. The van der Waals surface area contributed by atoms with Gasteiger partial charge in [-0.05, 0) is 12.1 Å². The van der Waals surface area contributed by atoms with Crippen molar-refractivity contribution in [2.45, 2.75) is 0 Å². The molecule has 0 aliphatic heterocycles. The fourth-order valence-corrected chi connectivity index (χ4v) is 2.60. The Balaban J connectivity index is 2.31. The Morgan fingerprint density at radius 3 is 2.67 bits per heavy atom. The van der Waals surface area contributed by atoms with Crippen LogP contribution in [0, 0.1) is 0 Å². The van der Waals surface area contributed by atoms with Crippen LogP contribution in [0.2, 0.25) is 10.0 Å². The van der Waals surface area contributed by atoms with E-state index in [1.807, 2.05) is 43.6 Å². The van der Waals surface area contributed by atoms with Crippen LogP contribution in [-0.4, -0.2) is 9.78 Å². The number of hydrogen-bond acceptors (Lipinski definition) is 1. The summed E-state index contributed by atoms with van der Waals surface area (Å²) in [6.45, 7) is 0. The number of fused-ring (bicyclic) bond motifs is 1. The zero-order chi connectivity index (χ0) is 12.7. The monoisotopic (exact) mass is 276 g/mol. The maximum atomic E-state index is 6.25. The van der Waals surface area contributed by atoms with E-state index >= 15 is 0 Å². The fraction of sp³-hybridized carbons (Fsp3) is 0.0714. The van der Waals surface area contributed by atoms with Gasteiger partial charge in [-0.3, -0.25) is 4.68 Å². The normalized spacial score (nSPS) is 11.1. The molecule has 0 fully saturated rings. The van der Waals surface area contributed by atoms with Gasteiger partial charge in [0.1, 0.15) is 5.52 Å². The van der Waals surface area contributed by atoms with Crippen molar-refractivity contribution in [1.82, 2.24) is 9.78 Å². The molecule has 0 radical (unpaired) electrons. The van der Waals surface area contributed by atoms with E-state index in [4.69, 9.17) is 23.2 Å². The van der Waals surface area contributed by atoms with Crippen molar-refractivity contribution in [3.05, 3.63) is 52.6 Å². The van der Waals surface area contributed by atoms with Crippen molar-refractivity contribution in [2.24, 2.45) is 7.05 Å². The highest BCUT2D eigenvalue weighted by molar-refractivity contribution is 6.36. The maximum absolute atomic E-state index is 6.25. The molecule has 0 saturated heterocycles. The molecule has 0 unspecified atom stereocenters. The van der Waals surface area contributed by atoms with E-state index in [1.54, 1.807) is 10.7 Å². The lowest BCUT2D eigenvalue weighted by Crippen LogP contribution is -1.87. The Labute approximate surface area is 115 Å². The van der Waals surface area contributed by atoms with Crippen LogP contribution < -0.4 is 0 Å². The van der Waals surface area contributed by atoms with Crippen LogP contribution in [0.3, 0.4) is 0 Å². The third kappa shape index (κ3) is 1.88. The number of benzene rings is 2. The molecular weight excluding hydrogens is 267 g/mol. The van der Waals surface area contributed by atoms with Gasteiger partial charge >= 0.3 is 0 Å². The molecule has 1 heterocycles. The largest absolute Gasteiger partial charge is 0.275 e. The molecule has 3 rings (SSSR count). The van der Waals surface area contributed by atoms with Crippen molar-refractivity contribution in [3.63, 3.8) is 0 Å². The van der Waals surface area contributed by atoms with E-state index in [0.29, 0.717) is 10.0 Å². The van der Waals surface area contributed by atoms with Crippen LogP contribution in [0.25, 0.3) is 22.0 Å². The molecule has 1 aromatic heterocycles. The van der Waals surface area contributed by atoms with Gasteiger partial charge in [-0.25, -0.2) is 0 Å². The van der Waals surface area contributed by atoms with E-state index < -0.39 is 0 Å². The van der Waals surface area contributed by atoms with Crippen molar-refractivity contribution >= 4 is 34.1 Å². The van der Waals surface area contributed by atoms with Crippen LogP contribution in [0.15, 0.2) is 42.6 Å². The molecule has 18 heavy (non-hydrogen) atoms. The molecule has 2 aromatic carbocycles.